The Morgan fingerprint density at radius 1 is 1.06 bits per heavy atom. The van der Waals surface area contributed by atoms with E-state index in [4.69, 9.17) is 0 Å². The van der Waals surface area contributed by atoms with Crippen LogP contribution in [0.3, 0.4) is 0 Å². The second-order valence-corrected chi connectivity index (χ2v) is 6.56. The Hall–Kier alpha value is -0.0400. The summed E-state index contributed by atoms with van der Waals surface area (Å²) in [4.78, 5) is 0. The van der Waals surface area contributed by atoms with Crippen LogP contribution in [0.25, 0.3) is 0 Å². The third kappa shape index (κ3) is 4.26. The van der Waals surface area contributed by atoms with Crippen LogP contribution in [0.2, 0.25) is 0 Å². The third-order valence-electron chi connectivity index (χ3n) is 5.10. The molecule has 1 fully saturated rings. The van der Waals surface area contributed by atoms with Gasteiger partial charge in [0.05, 0.1) is 0 Å². The zero-order valence-corrected chi connectivity index (χ0v) is 13.2. The Morgan fingerprint density at radius 2 is 1.72 bits per heavy atom. The molecule has 1 N–H and O–H groups in total. The lowest BCUT2D eigenvalue weighted by atomic mass is 9.72. The van der Waals surface area contributed by atoms with Crippen molar-refractivity contribution < 1.29 is 0 Å². The largest absolute Gasteiger partial charge is 0.313 e. The van der Waals surface area contributed by atoms with Gasteiger partial charge in [-0.15, -0.1) is 0 Å². The first kappa shape index (κ1) is 16.0. The summed E-state index contributed by atoms with van der Waals surface area (Å²) >= 11 is 0. The van der Waals surface area contributed by atoms with Gasteiger partial charge in [-0.3, -0.25) is 0 Å². The van der Waals surface area contributed by atoms with Crippen LogP contribution in [0.4, 0.5) is 0 Å². The number of hydrogen-bond acceptors (Lipinski definition) is 1. The van der Waals surface area contributed by atoms with Gasteiger partial charge >= 0.3 is 0 Å². The molecule has 108 valence electrons. The molecule has 0 amide bonds. The molecule has 0 saturated heterocycles. The van der Waals surface area contributed by atoms with Gasteiger partial charge in [-0.25, -0.2) is 0 Å². The Balaban J connectivity index is 2.63. The summed E-state index contributed by atoms with van der Waals surface area (Å²) in [7, 11) is 0. The van der Waals surface area contributed by atoms with Crippen molar-refractivity contribution in [2.75, 3.05) is 6.54 Å². The average molecular weight is 253 g/mol. The van der Waals surface area contributed by atoms with E-state index in [1.165, 1.54) is 64.3 Å². The summed E-state index contributed by atoms with van der Waals surface area (Å²) in [6, 6.07) is 0.770. The van der Waals surface area contributed by atoms with Gasteiger partial charge in [0, 0.05) is 6.04 Å². The van der Waals surface area contributed by atoms with E-state index >= 15 is 0 Å². The second-order valence-electron chi connectivity index (χ2n) is 6.56. The van der Waals surface area contributed by atoms with Crippen molar-refractivity contribution in [3.05, 3.63) is 0 Å². The molecule has 0 radical (unpaired) electrons. The first-order chi connectivity index (χ1) is 8.68. The highest BCUT2D eigenvalue weighted by Gasteiger charge is 2.39. The highest BCUT2D eigenvalue weighted by atomic mass is 14.9. The summed E-state index contributed by atoms with van der Waals surface area (Å²) in [6.07, 6.45) is 12.6. The molecule has 0 bridgehead atoms. The van der Waals surface area contributed by atoms with Crippen molar-refractivity contribution in [2.45, 2.75) is 91.5 Å². The molecule has 1 saturated carbocycles. The van der Waals surface area contributed by atoms with Gasteiger partial charge in [-0.05, 0) is 50.0 Å². The van der Waals surface area contributed by atoms with Crippen LogP contribution in [0.1, 0.15) is 85.5 Å². The van der Waals surface area contributed by atoms with E-state index in [9.17, 15) is 0 Å². The van der Waals surface area contributed by atoms with Crippen LogP contribution >= 0.6 is 0 Å². The molecule has 0 aromatic heterocycles. The van der Waals surface area contributed by atoms with E-state index in [0.29, 0.717) is 5.41 Å². The highest BCUT2D eigenvalue weighted by molar-refractivity contribution is 4.94. The monoisotopic (exact) mass is 253 g/mol. The molecule has 18 heavy (non-hydrogen) atoms. The summed E-state index contributed by atoms with van der Waals surface area (Å²) in [5.74, 6) is 0.883. The van der Waals surface area contributed by atoms with E-state index in [1.54, 1.807) is 0 Å². The molecule has 0 spiro atoms. The Kier molecular flexibility index (Phi) is 7.29. The molecule has 0 aromatic rings. The Morgan fingerprint density at radius 3 is 2.22 bits per heavy atom. The summed E-state index contributed by atoms with van der Waals surface area (Å²) in [5.41, 5.74) is 0.622. The Bertz CT molecular complexity index is 206. The van der Waals surface area contributed by atoms with E-state index in [1.807, 2.05) is 0 Å². The molecule has 2 unspecified atom stereocenters. The normalized spacial score (nSPS) is 22.0. The molecule has 1 aliphatic carbocycles. The van der Waals surface area contributed by atoms with Gasteiger partial charge in [-0.1, -0.05) is 53.4 Å². The number of rotatable bonds is 9. The van der Waals surface area contributed by atoms with Gasteiger partial charge in [-0.2, -0.15) is 0 Å². The van der Waals surface area contributed by atoms with Crippen molar-refractivity contribution >= 4 is 0 Å². The van der Waals surface area contributed by atoms with Gasteiger partial charge in [0.25, 0.3) is 0 Å². The highest BCUT2D eigenvalue weighted by Crippen LogP contribution is 2.45. The van der Waals surface area contributed by atoms with Crippen LogP contribution in [0.15, 0.2) is 0 Å². The second kappa shape index (κ2) is 8.19. The zero-order chi connectivity index (χ0) is 13.4. The standard InChI is InChI=1S/C17H35N/c1-5-10-15(4)14-16(18-13-6-2)17(7-3)11-8-9-12-17/h15-16,18H,5-14H2,1-4H3. The maximum Gasteiger partial charge on any atom is 0.0126 e. The minimum absolute atomic E-state index is 0.622. The number of hydrogen-bond donors (Lipinski definition) is 1. The van der Waals surface area contributed by atoms with Gasteiger partial charge in [0.2, 0.25) is 0 Å². The summed E-state index contributed by atoms with van der Waals surface area (Å²) in [5, 5.41) is 3.89. The fraction of sp³-hybridized carbons (Fsp3) is 1.00. The first-order valence-corrected chi connectivity index (χ1v) is 8.41. The molecule has 1 heteroatoms. The first-order valence-electron chi connectivity index (χ1n) is 8.41. The molecule has 0 aromatic carbocycles. The van der Waals surface area contributed by atoms with Gasteiger partial charge in [0.1, 0.15) is 0 Å². The quantitative estimate of drug-likeness (QED) is 0.599. The van der Waals surface area contributed by atoms with Crippen molar-refractivity contribution in [1.29, 1.82) is 0 Å². The molecule has 1 rings (SSSR count). The lowest BCUT2D eigenvalue weighted by Gasteiger charge is -2.39. The average Bonchev–Trinajstić information content (AvgIpc) is 2.84. The van der Waals surface area contributed by atoms with Crippen LogP contribution in [0, 0.1) is 11.3 Å². The molecule has 1 nitrogen and oxygen atoms in total. The van der Waals surface area contributed by atoms with Crippen molar-refractivity contribution in [2.24, 2.45) is 11.3 Å². The number of nitrogens with one attached hydrogen (secondary N) is 1. The predicted molar refractivity (Wildman–Crippen MR) is 82.0 cm³/mol. The Labute approximate surface area is 115 Å². The lowest BCUT2D eigenvalue weighted by molar-refractivity contribution is 0.159. The molecular weight excluding hydrogens is 218 g/mol. The maximum atomic E-state index is 3.89. The SMILES string of the molecule is CCCNC(CC(C)CCC)C1(CC)CCCC1. The van der Waals surface area contributed by atoms with E-state index < -0.39 is 0 Å². The van der Waals surface area contributed by atoms with Crippen molar-refractivity contribution in [3.63, 3.8) is 0 Å². The van der Waals surface area contributed by atoms with E-state index in [2.05, 4.69) is 33.0 Å². The van der Waals surface area contributed by atoms with Gasteiger partial charge in [0.15, 0.2) is 0 Å². The molecule has 1 aliphatic rings. The fourth-order valence-electron chi connectivity index (χ4n) is 3.91. The molecule has 2 atom stereocenters. The molecule has 0 aliphatic heterocycles. The maximum absolute atomic E-state index is 3.89. The van der Waals surface area contributed by atoms with E-state index in [0.717, 1.165) is 12.0 Å². The van der Waals surface area contributed by atoms with E-state index in [-0.39, 0.29) is 0 Å². The minimum Gasteiger partial charge on any atom is -0.313 e. The topological polar surface area (TPSA) is 12.0 Å². The predicted octanol–water partition coefficient (Wildman–Crippen LogP) is 5.15. The van der Waals surface area contributed by atoms with Crippen LogP contribution in [-0.2, 0) is 0 Å². The van der Waals surface area contributed by atoms with Crippen molar-refractivity contribution in [1.82, 2.24) is 5.32 Å². The summed E-state index contributed by atoms with van der Waals surface area (Å²) < 4.78 is 0. The third-order valence-corrected chi connectivity index (χ3v) is 5.10. The van der Waals surface area contributed by atoms with Crippen molar-refractivity contribution in [3.8, 4) is 0 Å². The molecule has 0 heterocycles. The fourth-order valence-corrected chi connectivity index (χ4v) is 3.91. The lowest BCUT2D eigenvalue weighted by Crippen LogP contribution is -2.45. The smallest absolute Gasteiger partial charge is 0.0126 e. The minimum atomic E-state index is 0.622. The summed E-state index contributed by atoms with van der Waals surface area (Å²) in [6.45, 7) is 10.7. The van der Waals surface area contributed by atoms with Crippen LogP contribution in [-0.4, -0.2) is 12.6 Å². The molecular formula is C17H35N. The van der Waals surface area contributed by atoms with Crippen LogP contribution in [0.5, 0.6) is 0 Å². The van der Waals surface area contributed by atoms with Crippen LogP contribution < -0.4 is 5.32 Å². The van der Waals surface area contributed by atoms with Gasteiger partial charge < -0.3 is 5.32 Å². The zero-order valence-electron chi connectivity index (χ0n) is 13.2.